The molecule has 8 nitrogen and oxygen atoms in total. The maximum absolute atomic E-state index is 11.6. The summed E-state index contributed by atoms with van der Waals surface area (Å²) in [4.78, 5) is 22.9. The van der Waals surface area contributed by atoms with E-state index in [-0.39, 0.29) is 11.7 Å². The molecule has 2 aromatic rings. The Labute approximate surface area is 150 Å². The molecule has 0 spiro atoms. The molecule has 0 heterocycles. The van der Waals surface area contributed by atoms with Crippen LogP contribution in [-0.4, -0.2) is 22.9 Å². The van der Waals surface area contributed by atoms with Gasteiger partial charge >= 0.3 is 0 Å². The molecule has 26 heavy (non-hydrogen) atoms. The molecule has 0 fully saturated rings. The predicted octanol–water partition coefficient (Wildman–Crippen LogP) is 0.951. The quantitative estimate of drug-likeness (QED) is 0.263. The summed E-state index contributed by atoms with van der Waals surface area (Å²) in [5.74, 6) is -1.61. The largest absolute Gasteiger partial charge is 0.548 e. The number of nitrogens with two attached hydrogens (primary N) is 1. The van der Waals surface area contributed by atoms with Crippen molar-refractivity contribution in [2.75, 3.05) is 10.6 Å². The monoisotopic (exact) mass is 355 g/mol. The number of carboxylic acids is 1. The highest BCUT2D eigenvalue weighted by atomic mass is 16.4. The molecule has 136 valence electrons. The second-order valence-corrected chi connectivity index (χ2v) is 5.71. The van der Waals surface area contributed by atoms with Crippen LogP contribution >= 0.6 is 0 Å². The molecule has 5 N–H and O–H groups in total. The van der Waals surface area contributed by atoms with Crippen LogP contribution in [0.1, 0.15) is 29.7 Å². The van der Waals surface area contributed by atoms with E-state index in [0.29, 0.717) is 22.5 Å². The molecule has 0 aliphatic heterocycles. The molecule has 0 aromatic heterocycles. The Kier molecular flexibility index (Phi) is 5.79. The zero-order chi connectivity index (χ0) is 19.3. The minimum absolute atomic E-state index is 0.0496. The first-order chi connectivity index (χ1) is 12.3. The number of anilines is 2. The third kappa shape index (κ3) is 4.50. The van der Waals surface area contributed by atoms with Crippen LogP contribution in [-0.2, 0) is 9.59 Å². The Balaban J connectivity index is 2.29. The number of aliphatic carboxylic acids is 1. The number of nitrogens with one attached hydrogen (secondary N) is 2. The number of nitrogens with zero attached hydrogens (tertiary/aromatic N) is 1. The minimum atomic E-state index is -1.32. The second kappa shape index (κ2) is 8.02. The minimum Gasteiger partial charge on any atom is -0.548 e. The topological polar surface area (TPSA) is 140 Å². The second-order valence-electron chi connectivity index (χ2n) is 5.71. The molecule has 0 aliphatic carbocycles. The molecule has 2 aromatic carbocycles. The molecule has 0 radical (unpaired) electrons. The lowest BCUT2D eigenvalue weighted by atomic mass is 10.0. The molecule has 2 rings (SSSR count). The van der Waals surface area contributed by atoms with Crippen LogP contribution in [0, 0.1) is 6.92 Å². The fourth-order valence-electron chi connectivity index (χ4n) is 2.38. The van der Waals surface area contributed by atoms with Gasteiger partial charge in [0.1, 0.15) is 0 Å². The van der Waals surface area contributed by atoms with Crippen molar-refractivity contribution in [3.8, 4) is 0 Å². The van der Waals surface area contributed by atoms with Crippen LogP contribution in [0.3, 0.4) is 0 Å². The highest BCUT2D eigenvalue weighted by molar-refractivity contribution is 5.97. The number of hydrogen-bond donors (Lipinski definition) is 4. The van der Waals surface area contributed by atoms with Crippen molar-refractivity contribution >= 4 is 29.1 Å². The Morgan fingerprint density at radius 3 is 2.38 bits per heavy atom. The van der Waals surface area contributed by atoms with Gasteiger partial charge in [0.05, 0.1) is 12.0 Å². The van der Waals surface area contributed by atoms with Crippen molar-refractivity contribution in [3.63, 3.8) is 0 Å². The van der Waals surface area contributed by atoms with Crippen LogP contribution in [0.5, 0.6) is 0 Å². The third-order valence-electron chi connectivity index (χ3n) is 3.74. The number of benzene rings is 2. The van der Waals surface area contributed by atoms with E-state index in [0.717, 1.165) is 5.56 Å². The number of rotatable bonds is 6. The van der Waals surface area contributed by atoms with Crippen molar-refractivity contribution in [1.29, 1.82) is 0 Å². The standard InChI is InChI=1S/C18H20N4O4/c1-10-3-4-13(9-15(10)20-11(2)23)16(18(24)25)21-14-7-5-12(6-8-14)17(19)22-26/h3-9,16,21,26H,1-2H3,(H2,19,22)(H,20,23)(H,24,25)/p-1. The van der Waals surface area contributed by atoms with E-state index in [2.05, 4.69) is 15.8 Å². The van der Waals surface area contributed by atoms with Gasteiger partial charge in [-0.1, -0.05) is 17.3 Å². The summed E-state index contributed by atoms with van der Waals surface area (Å²) in [6.45, 7) is 3.19. The summed E-state index contributed by atoms with van der Waals surface area (Å²) in [5.41, 5.74) is 8.27. The Hall–Kier alpha value is -3.55. The first kappa shape index (κ1) is 18.8. The normalized spacial score (nSPS) is 12.3. The molecule has 1 atom stereocenters. The highest BCUT2D eigenvalue weighted by Gasteiger charge is 2.15. The summed E-state index contributed by atoms with van der Waals surface area (Å²) >= 11 is 0. The number of hydrogen-bond acceptors (Lipinski definition) is 6. The smallest absolute Gasteiger partial charge is 0.221 e. The molecule has 0 saturated carbocycles. The van der Waals surface area contributed by atoms with Gasteiger partial charge in [-0.3, -0.25) is 4.79 Å². The zero-order valence-corrected chi connectivity index (χ0v) is 14.3. The Morgan fingerprint density at radius 1 is 1.19 bits per heavy atom. The van der Waals surface area contributed by atoms with Crippen LogP contribution in [0.15, 0.2) is 47.6 Å². The van der Waals surface area contributed by atoms with Gasteiger partial charge in [0.2, 0.25) is 5.91 Å². The van der Waals surface area contributed by atoms with Crippen LogP contribution in [0.2, 0.25) is 0 Å². The number of aryl methyl sites for hydroxylation is 1. The van der Waals surface area contributed by atoms with Crippen LogP contribution < -0.4 is 21.5 Å². The van der Waals surface area contributed by atoms with E-state index in [1.165, 1.54) is 6.92 Å². The average Bonchev–Trinajstić information content (AvgIpc) is 2.61. The molecular weight excluding hydrogens is 336 g/mol. The predicted molar refractivity (Wildman–Crippen MR) is 95.8 cm³/mol. The first-order valence-corrected chi connectivity index (χ1v) is 7.75. The lowest BCUT2D eigenvalue weighted by Crippen LogP contribution is -2.34. The molecule has 1 amide bonds. The van der Waals surface area contributed by atoms with Crippen LogP contribution in [0.25, 0.3) is 0 Å². The van der Waals surface area contributed by atoms with E-state index in [1.54, 1.807) is 42.5 Å². The SMILES string of the molecule is CC(=O)Nc1cc(C(Nc2ccc(/C(N)=N\O)cc2)C(=O)[O-])ccc1C. The van der Waals surface area contributed by atoms with E-state index in [9.17, 15) is 14.7 Å². The number of carboxylic acid groups (broad SMARTS) is 1. The Bertz CT molecular complexity index is 847. The summed E-state index contributed by atoms with van der Waals surface area (Å²) in [6.07, 6.45) is 0. The number of carbonyl (C=O) groups is 2. The fraction of sp³-hybridized carbons (Fsp3) is 0.167. The fourth-order valence-corrected chi connectivity index (χ4v) is 2.38. The third-order valence-corrected chi connectivity index (χ3v) is 3.74. The van der Waals surface area contributed by atoms with Crippen molar-refractivity contribution in [2.45, 2.75) is 19.9 Å². The number of amides is 1. The van der Waals surface area contributed by atoms with Crippen molar-refractivity contribution in [3.05, 3.63) is 59.2 Å². The summed E-state index contributed by atoms with van der Waals surface area (Å²) < 4.78 is 0. The van der Waals surface area contributed by atoms with Gasteiger partial charge in [-0.15, -0.1) is 0 Å². The number of amidine groups is 1. The number of oxime groups is 1. The van der Waals surface area contributed by atoms with Crippen molar-refractivity contribution in [2.24, 2.45) is 10.9 Å². The van der Waals surface area contributed by atoms with Crippen molar-refractivity contribution < 1.29 is 19.9 Å². The van der Waals surface area contributed by atoms with E-state index < -0.39 is 12.0 Å². The van der Waals surface area contributed by atoms with Gasteiger partial charge in [-0.25, -0.2) is 0 Å². The average molecular weight is 355 g/mol. The first-order valence-electron chi connectivity index (χ1n) is 7.75. The highest BCUT2D eigenvalue weighted by Crippen LogP contribution is 2.25. The Morgan fingerprint density at radius 2 is 1.85 bits per heavy atom. The zero-order valence-electron chi connectivity index (χ0n) is 14.3. The molecular formula is C18H19N4O4-. The molecule has 0 saturated heterocycles. The number of carbonyl (C=O) groups excluding carboxylic acids is 2. The van der Waals surface area contributed by atoms with Gasteiger partial charge in [0.15, 0.2) is 5.84 Å². The van der Waals surface area contributed by atoms with Gasteiger partial charge in [0, 0.05) is 23.9 Å². The van der Waals surface area contributed by atoms with Crippen LogP contribution in [0.4, 0.5) is 11.4 Å². The maximum atomic E-state index is 11.6. The molecule has 0 aliphatic rings. The molecule has 1 unspecified atom stereocenters. The van der Waals surface area contributed by atoms with E-state index in [1.807, 2.05) is 6.92 Å². The summed E-state index contributed by atoms with van der Waals surface area (Å²) in [5, 5.41) is 28.7. The summed E-state index contributed by atoms with van der Waals surface area (Å²) in [6, 6.07) is 10.2. The molecule has 0 bridgehead atoms. The van der Waals surface area contributed by atoms with E-state index >= 15 is 0 Å². The lowest BCUT2D eigenvalue weighted by molar-refractivity contribution is -0.307. The van der Waals surface area contributed by atoms with Gasteiger partial charge in [-0.2, -0.15) is 0 Å². The van der Waals surface area contributed by atoms with Gasteiger partial charge < -0.3 is 31.5 Å². The van der Waals surface area contributed by atoms with Gasteiger partial charge in [0.25, 0.3) is 0 Å². The van der Waals surface area contributed by atoms with Gasteiger partial charge in [-0.05, 0) is 48.4 Å². The lowest BCUT2D eigenvalue weighted by Gasteiger charge is -2.22. The van der Waals surface area contributed by atoms with E-state index in [4.69, 9.17) is 10.9 Å². The maximum Gasteiger partial charge on any atom is 0.221 e. The van der Waals surface area contributed by atoms with Crippen molar-refractivity contribution in [1.82, 2.24) is 0 Å². The molecule has 8 heteroatoms. The summed E-state index contributed by atoms with van der Waals surface area (Å²) in [7, 11) is 0.